The number of ether oxygens (including phenoxy) is 2. The van der Waals surface area contributed by atoms with Crippen molar-refractivity contribution in [3.05, 3.63) is 0 Å². The first-order valence-corrected chi connectivity index (χ1v) is 5.56. The number of hydrogen-bond acceptors (Lipinski definition) is 3. The van der Waals surface area contributed by atoms with Crippen LogP contribution in [0.15, 0.2) is 0 Å². The molecular weight excluding hydrogens is 304 g/mol. The fourth-order valence-electron chi connectivity index (χ4n) is 0.917. The summed E-state index contributed by atoms with van der Waals surface area (Å²) in [6, 6.07) is 0. The smallest absolute Gasteiger partial charge is 0.189 e. The van der Waals surface area contributed by atoms with E-state index in [2.05, 4.69) is 31.9 Å². The predicted octanol–water partition coefficient (Wildman–Crippen LogP) is 2.46. The van der Waals surface area contributed by atoms with Gasteiger partial charge in [-0.3, -0.25) is 4.79 Å². The molecule has 0 saturated heterocycles. The Kier molecular flexibility index (Phi) is 6.37. The van der Waals surface area contributed by atoms with Gasteiger partial charge in [0.25, 0.3) is 0 Å². The molecule has 0 N–H and O–H groups in total. The molecule has 0 saturated carbocycles. The average molecular weight is 318 g/mol. The first-order valence-electron chi connectivity index (χ1n) is 3.97. The van der Waals surface area contributed by atoms with Crippen LogP contribution in [0.4, 0.5) is 0 Å². The lowest BCUT2D eigenvalue weighted by atomic mass is 10.2. The molecule has 13 heavy (non-hydrogen) atoms. The molecule has 0 heterocycles. The highest BCUT2D eigenvalue weighted by Gasteiger charge is 2.40. The summed E-state index contributed by atoms with van der Waals surface area (Å²) in [6.07, 6.45) is 0.670. The van der Waals surface area contributed by atoms with Gasteiger partial charge in [-0.25, -0.2) is 0 Å². The van der Waals surface area contributed by atoms with Gasteiger partial charge >= 0.3 is 0 Å². The largest absolute Gasteiger partial charge is 0.353 e. The Hall–Kier alpha value is 0.550. The second-order valence-corrected chi connectivity index (χ2v) is 6.17. The fraction of sp³-hybridized carbons (Fsp3) is 0.875. The molecule has 0 fully saturated rings. The van der Waals surface area contributed by atoms with E-state index < -0.39 is 9.52 Å². The molecule has 0 aromatic heterocycles. The quantitative estimate of drug-likeness (QED) is 0.557. The normalized spacial score (nSPS) is 12.2. The van der Waals surface area contributed by atoms with E-state index in [1.165, 1.54) is 14.2 Å². The van der Waals surface area contributed by atoms with Gasteiger partial charge in [0, 0.05) is 20.6 Å². The van der Waals surface area contributed by atoms with Crippen LogP contribution < -0.4 is 0 Å². The Morgan fingerprint density at radius 2 is 1.85 bits per heavy atom. The van der Waals surface area contributed by atoms with Crippen molar-refractivity contribution in [2.24, 2.45) is 0 Å². The van der Waals surface area contributed by atoms with E-state index in [1.54, 1.807) is 0 Å². The highest BCUT2D eigenvalue weighted by Crippen LogP contribution is 2.34. The molecule has 3 nitrogen and oxygen atoms in total. The summed E-state index contributed by atoms with van der Waals surface area (Å²) in [5.74, 6) is 0.0173. The van der Waals surface area contributed by atoms with E-state index in [9.17, 15) is 4.79 Å². The number of ketones is 1. The Morgan fingerprint density at radius 3 is 2.15 bits per heavy atom. The molecule has 0 amide bonds. The Balaban J connectivity index is 4.42. The summed E-state index contributed by atoms with van der Waals surface area (Å²) in [4.78, 5) is 11.6. The van der Waals surface area contributed by atoms with Gasteiger partial charge in [0.2, 0.25) is 0 Å². The topological polar surface area (TPSA) is 35.5 Å². The van der Waals surface area contributed by atoms with Crippen molar-refractivity contribution in [3.8, 4) is 0 Å². The van der Waals surface area contributed by atoms with E-state index in [0.29, 0.717) is 6.42 Å². The molecule has 0 radical (unpaired) electrons. The van der Waals surface area contributed by atoms with Crippen LogP contribution in [0.5, 0.6) is 0 Å². The van der Waals surface area contributed by atoms with Crippen LogP contribution in [0.25, 0.3) is 0 Å². The lowest BCUT2D eigenvalue weighted by Gasteiger charge is -2.26. The number of halogens is 2. The van der Waals surface area contributed by atoms with Crippen LogP contribution in [-0.4, -0.2) is 29.5 Å². The van der Waals surface area contributed by atoms with E-state index >= 15 is 0 Å². The zero-order valence-electron chi connectivity index (χ0n) is 7.97. The van der Waals surface area contributed by atoms with Crippen LogP contribution >= 0.6 is 31.9 Å². The molecule has 0 unspecified atom stereocenters. The Bertz CT molecular complexity index is 167. The first-order chi connectivity index (χ1) is 6.00. The van der Waals surface area contributed by atoms with E-state index in [0.717, 1.165) is 6.42 Å². The van der Waals surface area contributed by atoms with Crippen molar-refractivity contribution < 1.29 is 14.3 Å². The van der Waals surface area contributed by atoms with Crippen LogP contribution in [0.2, 0.25) is 0 Å². The predicted molar refractivity (Wildman–Crippen MR) is 58.3 cm³/mol. The number of alkyl halides is 2. The monoisotopic (exact) mass is 316 g/mol. The van der Waals surface area contributed by atoms with E-state index in [-0.39, 0.29) is 5.78 Å². The third-order valence-corrected chi connectivity index (χ3v) is 3.21. The lowest BCUT2D eigenvalue weighted by Crippen LogP contribution is -2.40. The third kappa shape index (κ3) is 3.65. The maximum absolute atomic E-state index is 11.6. The summed E-state index contributed by atoms with van der Waals surface area (Å²) < 4.78 is 9.06. The maximum atomic E-state index is 11.6. The molecule has 0 aliphatic carbocycles. The van der Waals surface area contributed by atoms with Gasteiger partial charge in [-0.2, -0.15) is 0 Å². The minimum absolute atomic E-state index is 0.0173. The second-order valence-electron chi connectivity index (χ2n) is 2.60. The van der Waals surface area contributed by atoms with E-state index in [1.807, 2.05) is 6.92 Å². The summed E-state index contributed by atoms with van der Waals surface area (Å²) in [7, 11) is 2.98. The first kappa shape index (κ1) is 13.5. The molecule has 0 bridgehead atoms. The molecule has 0 aliphatic rings. The average Bonchev–Trinajstić information content (AvgIpc) is 2.06. The number of rotatable bonds is 6. The van der Waals surface area contributed by atoms with Crippen molar-refractivity contribution in [2.45, 2.75) is 29.3 Å². The standard InChI is InChI=1S/C8H14Br2O3/c1-4-5-6(11)8(9,10)7(12-2)13-3/h7H,4-5H2,1-3H3. The van der Waals surface area contributed by atoms with E-state index in [4.69, 9.17) is 9.47 Å². The number of methoxy groups -OCH3 is 2. The highest BCUT2D eigenvalue weighted by molar-refractivity contribution is 9.26. The highest BCUT2D eigenvalue weighted by atomic mass is 79.9. The molecule has 0 aliphatic heterocycles. The second kappa shape index (κ2) is 6.11. The van der Waals surface area contributed by atoms with Crippen LogP contribution in [-0.2, 0) is 14.3 Å². The van der Waals surface area contributed by atoms with Crippen molar-refractivity contribution in [1.29, 1.82) is 0 Å². The molecule has 78 valence electrons. The SMILES string of the molecule is CCCC(=O)C(Br)(Br)C(OC)OC. The Labute approximate surface area is 95.4 Å². The van der Waals surface area contributed by atoms with Gasteiger partial charge in [0.05, 0.1) is 0 Å². The van der Waals surface area contributed by atoms with Gasteiger partial charge in [-0.15, -0.1) is 0 Å². The summed E-state index contributed by atoms with van der Waals surface area (Å²) in [6.45, 7) is 1.95. The van der Waals surface area contributed by atoms with Crippen molar-refractivity contribution in [1.82, 2.24) is 0 Å². The molecule has 0 atom stereocenters. The number of carbonyl (C=O) groups is 1. The summed E-state index contributed by atoms with van der Waals surface area (Å²) >= 11 is 6.50. The van der Waals surface area contributed by atoms with Gasteiger partial charge < -0.3 is 9.47 Å². The van der Waals surface area contributed by atoms with Crippen LogP contribution in [0, 0.1) is 0 Å². The minimum atomic E-state index is -0.931. The summed E-state index contributed by atoms with van der Waals surface area (Å²) in [5.41, 5.74) is 0. The maximum Gasteiger partial charge on any atom is 0.189 e. The Morgan fingerprint density at radius 1 is 1.38 bits per heavy atom. The molecule has 0 rings (SSSR count). The molecular formula is C8H14Br2O3. The number of hydrogen-bond donors (Lipinski definition) is 0. The minimum Gasteiger partial charge on any atom is -0.353 e. The molecule has 0 aromatic carbocycles. The van der Waals surface area contributed by atoms with Gasteiger partial charge in [0.1, 0.15) is 0 Å². The van der Waals surface area contributed by atoms with Crippen LogP contribution in [0.3, 0.4) is 0 Å². The molecule has 0 aromatic rings. The summed E-state index contributed by atoms with van der Waals surface area (Å²) in [5, 5.41) is 0. The zero-order chi connectivity index (χ0) is 10.5. The lowest BCUT2D eigenvalue weighted by molar-refractivity contribution is -0.137. The fourth-order valence-corrected chi connectivity index (χ4v) is 2.06. The van der Waals surface area contributed by atoms with Gasteiger partial charge in [0.15, 0.2) is 15.3 Å². The van der Waals surface area contributed by atoms with Crippen LogP contribution in [0.1, 0.15) is 19.8 Å². The molecule has 5 heteroatoms. The van der Waals surface area contributed by atoms with Crippen molar-refractivity contribution in [3.63, 3.8) is 0 Å². The van der Waals surface area contributed by atoms with Crippen molar-refractivity contribution in [2.75, 3.05) is 14.2 Å². The third-order valence-electron chi connectivity index (χ3n) is 1.57. The number of carbonyl (C=O) groups excluding carboxylic acids is 1. The van der Waals surface area contributed by atoms with Gasteiger partial charge in [-0.1, -0.05) is 38.8 Å². The number of Topliss-reactive ketones (excluding diaryl/α,β-unsaturated/α-hetero) is 1. The zero-order valence-corrected chi connectivity index (χ0v) is 11.1. The van der Waals surface area contributed by atoms with Gasteiger partial charge in [-0.05, 0) is 6.42 Å². The van der Waals surface area contributed by atoms with Crippen molar-refractivity contribution >= 4 is 37.6 Å². The molecule has 0 spiro atoms.